The second kappa shape index (κ2) is 5.24. The summed E-state index contributed by atoms with van der Waals surface area (Å²) in [5, 5.41) is 11.7. The number of aromatic nitrogens is 1. The Balaban J connectivity index is 1.75. The summed E-state index contributed by atoms with van der Waals surface area (Å²) in [6, 6.07) is 10.6. The molecule has 1 aliphatic carbocycles. The van der Waals surface area contributed by atoms with Gasteiger partial charge in [-0.15, -0.1) is 0 Å². The zero-order valence-electron chi connectivity index (χ0n) is 13.3. The summed E-state index contributed by atoms with van der Waals surface area (Å²) >= 11 is 0. The number of aryl methyl sites for hydroxylation is 1. The van der Waals surface area contributed by atoms with Gasteiger partial charge in [0.1, 0.15) is 0 Å². The first kappa shape index (κ1) is 14.0. The SMILES string of the molecule is Cc1cc(N2CCC[C@]3(CCC[C@H]3O)C2)c2ccccc2n1. The quantitative estimate of drug-likeness (QED) is 0.872. The van der Waals surface area contributed by atoms with E-state index in [0.29, 0.717) is 0 Å². The Morgan fingerprint density at radius 3 is 2.86 bits per heavy atom. The summed E-state index contributed by atoms with van der Waals surface area (Å²) in [5.41, 5.74) is 3.56. The minimum Gasteiger partial charge on any atom is -0.392 e. The number of rotatable bonds is 1. The average Bonchev–Trinajstić information content (AvgIpc) is 2.87. The summed E-state index contributed by atoms with van der Waals surface area (Å²) in [5.74, 6) is 0. The van der Waals surface area contributed by atoms with E-state index in [1.165, 1.54) is 36.8 Å². The van der Waals surface area contributed by atoms with Gasteiger partial charge in [-0.25, -0.2) is 0 Å². The molecule has 1 saturated carbocycles. The average molecular weight is 296 g/mol. The van der Waals surface area contributed by atoms with E-state index in [9.17, 15) is 5.11 Å². The van der Waals surface area contributed by atoms with Crippen LogP contribution in [0.3, 0.4) is 0 Å². The van der Waals surface area contributed by atoms with Gasteiger partial charge in [0.15, 0.2) is 0 Å². The van der Waals surface area contributed by atoms with Gasteiger partial charge in [-0.05, 0) is 44.7 Å². The van der Waals surface area contributed by atoms with Gasteiger partial charge in [0.25, 0.3) is 0 Å². The highest BCUT2D eigenvalue weighted by Gasteiger charge is 2.44. The molecule has 1 aliphatic heterocycles. The van der Waals surface area contributed by atoms with Crippen molar-refractivity contribution >= 4 is 16.6 Å². The van der Waals surface area contributed by atoms with Gasteiger partial charge < -0.3 is 10.0 Å². The van der Waals surface area contributed by atoms with Crippen LogP contribution in [0.5, 0.6) is 0 Å². The molecule has 4 rings (SSSR count). The topological polar surface area (TPSA) is 36.4 Å². The first-order chi connectivity index (χ1) is 10.7. The van der Waals surface area contributed by atoms with Crippen LogP contribution in [0.4, 0.5) is 5.69 Å². The Labute approximate surface area is 132 Å². The van der Waals surface area contributed by atoms with Gasteiger partial charge in [0, 0.05) is 35.3 Å². The molecule has 3 nitrogen and oxygen atoms in total. The van der Waals surface area contributed by atoms with E-state index < -0.39 is 0 Å². The highest BCUT2D eigenvalue weighted by molar-refractivity contribution is 5.92. The van der Waals surface area contributed by atoms with Crippen molar-refractivity contribution in [2.24, 2.45) is 5.41 Å². The lowest BCUT2D eigenvalue weighted by atomic mass is 9.76. The lowest BCUT2D eigenvalue weighted by Crippen LogP contribution is -2.47. The highest BCUT2D eigenvalue weighted by atomic mass is 16.3. The molecule has 2 atom stereocenters. The zero-order valence-corrected chi connectivity index (χ0v) is 13.3. The molecule has 2 aliphatic rings. The normalized spacial score (nSPS) is 28.6. The molecule has 1 saturated heterocycles. The molecule has 2 aromatic rings. The third-order valence-corrected chi connectivity index (χ3v) is 5.63. The van der Waals surface area contributed by atoms with Crippen molar-refractivity contribution in [2.75, 3.05) is 18.0 Å². The van der Waals surface area contributed by atoms with Crippen LogP contribution in [0.1, 0.15) is 37.8 Å². The number of pyridine rings is 1. The summed E-state index contributed by atoms with van der Waals surface area (Å²) in [7, 11) is 0. The van der Waals surface area contributed by atoms with Crippen molar-refractivity contribution in [3.63, 3.8) is 0 Å². The first-order valence-corrected chi connectivity index (χ1v) is 8.47. The van der Waals surface area contributed by atoms with Gasteiger partial charge in [0.2, 0.25) is 0 Å². The number of aliphatic hydroxyl groups is 1. The Kier molecular flexibility index (Phi) is 3.33. The molecule has 0 bridgehead atoms. The van der Waals surface area contributed by atoms with Gasteiger partial charge in [-0.2, -0.15) is 0 Å². The van der Waals surface area contributed by atoms with Crippen LogP contribution in [0.2, 0.25) is 0 Å². The molecule has 1 aromatic carbocycles. The number of piperidine rings is 1. The van der Waals surface area contributed by atoms with E-state index in [1.807, 2.05) is 0 Å². The Morgan fingerprint density at radius 1 is 1.23 bits per heavy atom. The minimum absolute atomic E-state index is 0.121. The van der Waals surface area contributed by atoms with E-state index in [1.54, 1.807) is 0 Å². The monoisotopic (exact) mass is 296 g/mol. The predicted octanol–water partition coefficient (Wildman–Crippen LogP) is 3.67. The van der Waals surface area contributed by atoms with E-state index in [0.717, 1.165) is 30.7 Å². The number of hydrogen-bond acceptors (Lipinski definition) is 3. The molecule has 2 fully saturated rings. The molecule has 22 heavy (non-hydrogen) atoms. The van der Waals surface area contributed by atoms with E-state index >= 15 is 0 Å². The van der Waals surface area contributed by atoms with Crippen LogP contribution in [0, 0.1) is 12.3 Å². The first-order valence-electron chi connectivity index (χ1n) is 8.47. The molecule has 1 aromatic heterocycles. The summed E-state index contributed by atoms with van der Waals surface area (Å²) in [6.45, 7) is 4.14. The number of benzene rings is 1. The third kappa shape index (κ3) is 2.19. The second-order valence-corrected chi connectivity index (χ2v) is 7.10. The molecular weight excluding hydrogens is 272 g/mol. The molecule has 116 valence electrons. The molecule has 0 amide bonds. The maximum atomic E-state index is 10.5. The van der Waals surface area contributed by atoms with Crippen LogP contribution in [-0.2, 0) is 0 Å². The molecular formula is C19H24N2O. The van der Waals surface area contributed by atoms with Crippen molar-refractivity contribution in [3.8, 4) is 0 Å². The van der Waals surface area contributed by atoms with Crippen molar-refractivity contribution in [3.05, 3.63) is 36.0 Å². The Morgan fingerprint density at radius 2 is 2.05 bits per heavy atom. The van der Waals surface area contributed by atoms with E-state index in [4.69, 9.17) is 0 Å². The van der Waals surface area contributed by atoms with Crippen molar-refractivity contribution in [2.45, 2.75) is 45.1 Å². The van der Waals surface area contributed by atoms with Crippen LogP contribution >= 0.6 is 0 Å². The van der Waals surface area contributed by atoms with Crippen LogP contribution < -0.4 is 4.90 Å². The fourth-order valence-corrected chi connectivity index (χ4v) is 4.51. The zero-order chi connectivity index (χ0) is 15.2. The number of aliphatic hydroxyl groups excluding tert-OH is 1. The van der Waals surface area contributed by atoms with Gasteiger partial charge in [0.05, 0.1) is 11.6 Å². The fourth-order valence-electron chi connectivity index (χ4n) is 4.51. The largest absolute Gasteiger partial charge is 0.392 e. The van der Waals surface area contributed by atoms with E-state index in [-0.39, 0.29) is 11.5 Å². The van der Waals surface area contributed by atoms with Crippen LogP contribution in [0.25, 0.3) is 10.9 Å². The summed E-state index contributed by atoms with van der Waals surface area (Å²) in [6.07, 6.45) is 5.55. The van der Waals surface area contributed by atoms with Gasteiger partial charge >= 0.3 is 0 Å². The number of anilines is 1. The molecule has 0 radical (unpaired) electrons. The standard InChI is InChI=1S/C19H24N2O/c1-14-12-17(15-6-2-3-7-16(15)20-14)21-11-5-10-19(13-21)9-4-8-18(19)22/h2-3,6-7,12,18,22H,4-5,8-11,13H2,1H3/t18-,19-/m1/s1. The van der Waals surface area contributed by atoms with Gasteiger partial charge in [-0.1, -0.05) is 24.6 Å². The minimum atomic E-state index is -0.121. The molecule has 3 heteroatoms. The van der Waals surface area contributed by atoms with Crippen LogP contribution in [-0.4, -0.2) is 29.3 Å². The lowest BCUT2D eigenvalue weighted by Gasteiger charge is -2.44. The number of fused-ring (bicyclic) bond motifs is 1. The van der Waals surface area contributed by atoms with Crippen LogP contribution in [0.15, 0.2) is 30.3 Å². The molecule has 2 heterocycles. The molecule has 1 spiro atoms. The van der Waals surface area contributed by atoms with Crippen molar-refractivity contribution in [1.29, 1.82) is 0 Å². The van der Waals surface area contributed by atoms with Crippen molar-refractivity contribution < 1.29 is 5.11 Å². The lowest BCUT2D eigenvalue weighted by molar-refractivity contribution is 0.0410. The summed E-state index contributed by atoms with van der Waals surface area (Å²) < 4.78 is 0. The number of hydrogen-bond donors (Lipinski definition) is 1. The maximum Gasteiger partial charge on any atom is 0.0726 e. The maximum absolute atomic E-state index is 10.5. The van der Waals surface area contributed by atoms with Gasteiger partial charge in [-0.3, -0.25) is 4.98 Å². The Hall–Kier alpha value is -1.61. The number of para-hydroxylation sites is 1. The number of nitrogens with zero attached hydrogens (tertiary/aromatic N) is 2. The Bertz CT molecular complexity index is 699. The second-order valence-electron chi connectivity index (χ2n) is 7.10. The third-order valence-electron chi connectivity index (χ3n) is 5.63. The smallest absolute Gasteiger partial charge is 0.0726 e. The molecule has 0 unspecified atom stereocenters. The fraction of sp³-hybridized carbons (Fsp3) is 0.526. The van der Waals surface area contributed by atoms with E-state index in [2.05, 4.69) is 47.1 Å². The molecule has 1 N–H and O–H groups in total. The predicted molar refractivity (Wildman–Crippen MR) is 90.2 cm³/mol. The summed E-state index contributed by atoms with van der Waals surface area (Å²) in [4.78, 5) is 7.15. The van der Waals surface area contributed by atoms with Crippen molar-refractivity contribution in [1.82, 2.24) is 4.98 Å². The highest BCUT2D eigenvalue weighted by Crippen LogP contribution is 2.46.